The van der Waals surface area contributed by atoms with E-state index in [0.717, 1.165) is 87.9 Å². The van der Waals surface area contributed by atoms with Crippen LogP contribution in [0.1, 0.15) is 90.3 Å². The van der Waals surface area contributed by atoms with Gasteiger partial charge in [-0.05, 0) is 99.6 Å². The Morgan fingerprint density at radius 2 is 1.66 bits per heavy atom. The normalized spacial score (nSPS) is 14.5. The number of hydrogen-bond donors (Lipinski definition) is 2. The number of para-hydroxylation sites is 1. The Balaban J connectivity index is 1.36. The second kappa shape index (κ2) is 15.9. The van der Waals surface area contributed by atoms with Crippen LogP contribution >= 0.6 is 0 Å². The van der Waals surface area contributed by atoms with E-state index in [1.54, 1.807) is 6.07 Å². The number of aromatic carboxylic acids is 1. The van der Waals surface area contributed by atoms with Gasteiger partial charge in [0.25, 0.3) is 0 Å². The van der Waals surface area contributed by atoms with Gasteiger partial charge in [0.1, 0.15) is 11.4 Å². The van der Waals surface area contributed by atoms with Crippen LogP contribution in [0.4, 0.5) is 0 Å². The number of carboxylic acids is 2. The van der Waals surface area contributed by atoms with Gasteiger partial charge in [-0.2, -0.15) is 0 Å². The first-order chi connectivity index (χ1) is 20.0. The fourth-order valence-corrected chi connectivity index (χ4v) is 5.70. The first-order valence-corrected chi connectivity index (χ1v) is 14.9. The lowest BCUT2D eigenvalue weighted by atomic mass is 9.89. The molecule has 0 fully saturated rings. The van der Waals surface area contributed by atoms with E-state index < -0.39 is 11.9 Å². The highest BCUT2D eigenvalue weighted by atomic mass is 16.5. The highest BCUT2D eigenvalue weighted by Crippen LogP contribution is 2.34. The number of unbranched alkanes of at least 4 members (excludes halogenated alkanes) is 3. The third kappa shape index (κ3) is 9.42. The van der Waals surface area contributed by atoms with Crippen LogP contribution in [0.3, 0.4) is 0 Å². The van der Waals surface area contributed by atoms with Gasteiger partial charge in [0.2, 0.25) is 0 Å². The molecular weight excluding hydrogens is 516 g/mol. The molecule has 1 aliphatic rings. The quantitative estimate of drug-likeness (QED) is 0.177. The standard InChI is InChI=1S/C34H42N2O5/c37-33(38)19-8-9-23-36(31-17-11-16-29-28(31)20-21-30(35-29)34(39)40)24-22-27-15-6-7-18-32(27)41-25-10-2-5-14-26-12-3-1-4-13-26/h1,3-4,6-7,12-13,15,18,20-21,31H,2,5,8-11,14,16-17,19,22-25H2,(H,37,38)(H,39,40). The van der Waals surface area contributed by atoms with E-state index in [-0.39, 0.29) is 18.2 Å². The van der Waals surface area contributed by atoms with Crippen LogP contribution in [0, 0.1) is 0 Å². The van der Waals surface area contributed by atoms with Gasteiger partial charge in [-0.25, -0.2) is 9.78 Å². The van der Waals surface area contributed by atoms with Crippen LogP contribution in [-0.4, -0.2) is 51.7 Å². The number of fused-ring (bicyclic) bond motifs is 1. The highest BCUT2D eigenvalue weighted by molar-refractivity contribution is 5.85. The largest absolute Gasteiger partial charge is 0.493 e. The maximum absolute atomic E-state index is 11.5. The average molecular weight is 559 g/mol. The third-order valence-corrected chi connectivity index (χ3v) is 7.86. The van der Waals surface area contributed by atoms with Crippen molar-refractivity contribution in [3.63, 3.8) is 0 Å². The molecule has 41 heavy (non-hydrogen) atoms. The van der Waals surface area contributed by atoms with Crippen molar-refractivity contribution >= 4 is 11.9 Å². The molecule has 1 aromatic heterocycles. The number of aromatic nitrogens is 1. The smallest absolute Gasteiger partial charge is 0.354 e. The minimum atomic E-state index is -1.01. The molecule has 2 N–H and O–H groups in total. The summed E-state index contributed by atoms with van der Waals surface area (Å²) >= 11 is 0. The molecule has 4 rings (SSSR count). The van der Waals surface area contributed by atoms with Crippen LogP contribution in [-0.2, 0) is 24.1 Å². The number of nitrogens with zero attached hydrogens (tertiary/aromatic N) is 2. The molecule has 1 unspecified atom stereocenters. The molecule has 0 spiro atoms. The summed E-state index contributed by atoms with van der Waals surface area (Å²) in [6.45, 7) is 2.27. The molecule has 0 aliphatic heterocycles. The summed E-state index contributed by atoms with van der Waals surface area (Å²) in [7, 11) is 0. The van der Waals surface area contributed by atoms with Crippen molar-refractivity contribution in [1.82, 2.24) is 9.88 Å². The van der Waals surface area contributed by atoms with E-state index in [0.29, 0.717) is 13.0 Å². The second-order valence-electron chi connectivity index (χ2n) is 10.8. The Bertz CT molecular complexity index is 1260. The lowest BCUT2D eigenvalue weighted by molar-refractivity contribution is -0.137. The number of aliphatic carboxylic acids is 1. The summed E-state index contributed by atoms with van der Waals surface area (Å²) in [4.78, 5) is 29.4. The summed E-state index contributed by atoms with van der Waals surface area (Å²) < 4.78 is 6.23. The molecule has 0 bridgehead atoms. The fourth-order valence-electron chi connectivity index (χ4n) is 5.70. The van der Waals surface area contributed by atoms with Gasteiger partial charge in [-0.1, -0.05) is 54.6 Å². The molecular formula is C34H42N2O5. The van der Waals surface area contributed by atoms with Crippen LogP contribution in [0.5, 0.6) is 5.75 Å². The monoisotopic (exact) mass is 558 g/mol. The zero-order chi connectivity index (χ0) is 28.9. The van der Waals surface area contributed by atoms with Crippen molar-refractivity contribution in [3.8, 4) is 5.75 Å². The Labute approximate surface area is 243 Å². The Kier molecular flexibility index (Phi) is 11.7. The molecule has 0 amide bonds. The molecule has 3 aromatic rings. The summed E-state index contributed by atoms with van der Waals surface area (Å²) in [5.74, 6) is -0.845. The predicted octanol–water partition coefficient (Wildman–Crippen LogP) is 6.75. The Morgan fingerprint density at radius 1 is 0.854 bits per heavy atom. The second-order valence-corrected chi connectivity index (χ2v) is 10.8. The summed E-state index contributed by atoms with van der Waals surface area (Å²) in [6.07, 6.45) is 9.49. The molecule has 0 saturated heterocycles. The number of hydrogen-bond acceptors (Lipinski definition) is 5. The number of pyridine rings is 1. The molecule has 7 heteroatoms. The molecule has 1 atom stereocenters. The zero-order valence-corrected chi connectivity index (χ0v) is 23.8. The molecule has 7 nitrogen and oxygen atoms in total. The van der Waals surface area contributed by atoms with Gasteiger partial charge >= 0.3 is 11.9 Å². The van der Waals surface area contributed by atoms with Crippen LogP contribution in [0.15, 0.2) is 66.7 Å². The predicted molar refractivity (Wildman–Crippen MR) is 160 cm³/mol. The number of rotatable bonds is 17. The number of carbonyl (C=O) groups is 2. The average Bonchev–Trinajstić information content (AvgIpc) is 2.99. The SMILES string of the molecule is O=C(O)CCCCN(CCc1ccccc1OCCCCCc1ccccc1)C1CCCc2nc(C(=O)O)ccc21. The maximum Gasteiger partial charge on any atom is 0.354 e. The van der Waals surface area contributed by atoms with Crippen molar-refractivity contribution in [2.45, 2.75) is 76.7 Å². The van der Waals surface area contributed by atoms with E-state index in [1.807, 2.05) is 24.3 Å². The fraction of sp³-hybridized carbons (Fsp3) is 0.441. The van der Waals surface area contributed by atoms with Crippen molar-refractivity contribution in [2.24, 2.45) is 0 Å². The number of carboxylic acid groups (broad SMARTS) is 2. The van der Waals surface area contributed by atoms with E-state index in [9.17, 15) is 14.7 Å². The van der Waals surface area contributed by atoms with Gasteiger partial charge in [-0.3, -0.25) is 9.69 Å². The first kappa shape index (κ1) is 30.3. The topological polar surface area (TPSA) is 100.0 Å². The van der Waals surface area contributed by atoms with E-state index in [2.05, 4.69) is 46.3 Å². The summed E-state index contributed by atoms with van der Waals surface area (Å²) in [5, 5.41) is 18.5. The van der Waals surface area contributed by atoms with E-state index in [1.165, 1.54) is 11.1 Å². The zero-order valence-electron chi connectivity index (χ0n) is 23.8. The number of aryl methyl sites for hydroxylation is 2. The van der Waals surface area contributed by atoms with Crippen molar-refractivity contribution in [3.05, 3.63) is 94.8 Å². The van der Waals surface area contributed by atoms with Gasteiger partial charge in [0, 0.05) is 24.7 Å². The minimum absolute atomic E-state index is 0.0866. The molecule has 2 aromatic carbocycles. The van der Waals surface area contributed by atoms with Crippen LogP contribution < -0.4 is 4.74 Å². The number of benzene rings is 2. The highest BCUT2D eigenvalue weighted by Gasteiger charge is 2.27. The van der Waals surface area contributed by atoms with Gasteiger partial charge in [0.05, 0.1) is 6.61 Å². The molecule has 0 radical (unpaired) electrons. The Morgan fingerprint density at radius 3 is 2.46 bits per heavy atom. The van der Waals surface area contributed by atoms with Gasteiger partial charge < -0.3 is 14.9 Å². The lowest BCUT2D eigenvalue weighted by Gasteiger charge is -2.36. The first-order valence-electron chi connectivity index (χ1n) is 14.9. The summed E-state index contributed by atoms with van der Waals surface area (Å²) in [6, 6.07) is 22.5. The van der Waals surface area contributed by atoms with E-state index >= 15 is 0 Å². The molecule has 0 saturated carbocycles. The summed E-state index contributed by atoms with van der Waals surface area (Å²) in [5.41, 5.74) is 4.60. The molecule has 1 heterocycles. The number of ether oxygens (including phenoxy) is 1. The maximum atomic E-state index is 11.5. The van der Waals surface area contributed by atoms with Gasteiger partial charge in [-0.15, -0.1) is 0 Å². The lowest BCUT2D eigenvalue weighted by Crippen LogP contribution is -2.34. The van der Waals surface area contributed by atoms with Crippen molar-refractivity contribution < 1.29 is 24.5 Å². The molecule has 218 valence electrons. The Hall–Kier alpha value is -3.71. The van der Waals surface area contributed by atoms with Crippen molar-refractivity contribution in [1.29, 1.82) is 0 Å². The minimum Gasteiger partial charge on any atom is -0.493 e. The van der Waals surface area contributed by atoms with Gasteiger partial charge in [0.15, 0.2) is 0 Å². The van der Waals surface area contributed by atoms with Crippen LogP contribution in [0.25, 0.3) is 0 Å². The van der Waals surface area contributed by atoms with E-state index in [4.69, 9.17) is 9.84 Å². The van der Waals surface area contributed by atoms with Crippen molar-refractivity contribution in [2.75, 3.05) is 19.7 Å². The van der Waals surface area contributed by atoms with Crippen LogP contribution in [0.2, 0.25) is 0 Å². The molecule has 1 aliphatic carbocycles. The third-order valence-electron chi connectivity index (χ3n) is 7.86.